The molecule has 25 heavy (non-hydrogen) atoms. The zero-order valence-corrected chi connectivity index (χ0v) is 13.7. The second-order valence-corrected chi connectivity index (χ2v) is 5.81. The topological polar surface area (TPSA) is 74.7 Å². The summed E-state index contributed by atoms with van der Waals surface area (Å²) in [5.74, 6) is -0.833. The molecule has 2 N–H and O–H groups in total. The minimum Gasteiger partial charge on any atom is -0.477 e. The monoisotopic (exact) mass is 345 g/mol. The number of nitrogens with zero attached hydrogens (tertiary/aromatic N) is 2. The van der Waals surface area contributed by atoms with E-state index in [2.05, 4.69) is 15.2 Å². The molecule has 0 spiro atoms. The fourth-order valence-electron chi connectivity index (χ4n) is 2.89. The largest absolute Gasteiger partial charge is 0.477 e. The second-order valence-electron chi connectivity index (χ2n) is 5.81. The Morgan fingerprint density at radius 2 is 1.96 bits per heavy atom. The Hall–Kier alpha value is -2.51. The van der Waals surface area contributed by atoms with E-state index in [0.29, 0.717) is 25.6 Å². The van der Waals surface area contributed by atoms with Gasteiger partial charge in [0, 0.05) is 19.6 Å². The number of aromatic carboxylic acids is 1. The zero-order valence-electron chi connectivity index (χ0n) is 13.7. The lowest BCUT2D eigenvalue weighted by atomic mass is 10.0. The van der Waals surface area contributed by atoms with Crippen molar-refractivity contribution >= 4 is 11.8 Å². The van der Waals surface area contributed by atoms with E-state index in [9.17, 15) is 9.18 Å². The van der Waals surface area contributed by atoms with Crippen molar-refractivity contribution in [3.63, 3.8) is 0 Å². The molecule has 1 aromatic heterocycles. The van der Waals surface area contributed by atoms with E-state index < -0.39 is 5.97 Å². The summed E-state index contributed by atoms with van der Waals surface area (Å²) in [5.41, 5.74) is 0.986. The predicted octanol–water partition coefficient (Wildman–Crippen LogP) is 2.40. The summed E-state index contributed by atoms with van der Waals surface area (Å²) in [4.78, 5) is 17.4. The summed E-state index contributed by atoms with van der Waals surface area (Å²) >= 11 is 0. The standard InChI is InChI=1S/C18H20FN3O3/c19-14-6-4-13(5-7-14)16(22-8-10-25-11-9-22)12-20-17-3-1-2-15(21-17)18(23)24/h1-7,16H,8-12H2,(H,20,21)(H,23,24). The molecule has 0 saturated carbocycles. The van der Waals surface area contributed by atoms with Crippen molar-refractivity contribution in [1.82, 2.24) is 9.88 Å². The summed E-state index contributed by atoms with van der Waals surface area (Å²) in [6.45, 7) is 3.41. The van der Waals surface area contributed by atoms with E-state index in [4.69, 9.17) is 9.84 Å². The van der Waals surface area contributed by atoms with Crippen LogP contribution < -0.4 is 5.32 Å². The van der Waals surface area contributed by atoms with Crippen LogP contribution in [0.25, 0.3) is 0 Å². The van der Waals surface area contributed by atoms with Crippen LogP contribution in [0.5, 0.6) is 0 Å². The summed E-state index contributed by atoms with van der Waals surface area (Å²) in [7, 11) is 0. The maximum atomic E-state index is 13.2. The van der Waals surface area contributed by atoms with E-state index in [1.807, 2.05) is 0 Å². The van der Waals surface area contributed by atoms with Crippen LogP contribution >= 0.6 is 0 Å². The second kappa shape index (κ2) is 8.04. The highest BCUT2D eigenvalue weighted by molar-refractivity contribution is 5.85. The minimum absolute atomic E-state index is 0.00490. The van der Waals surface area contributed by atoms with Crippen LogP contribution in [0, 0.1) is 5.82 Å². The van der Waals surface area contributed by atoms with Crippen molar-refractivity contribution in [2.24, 2.45) is 0 Å². The van der Waals surface area contributed by atoms with Crippen molar-refractivity contribution in [3.05, 3.63) is 59.5 Å². The van der Waals surface area contributed by atoms with Gasteiger partial charge in [0.25, 0.3) is 0 Å². The first-order valence-corrected chi connectivity index (χ1v) is 8.15. The highest BCUT2D eigenvalue weighted by Crippen LogP contribution is 2.23. The van der Waals surface area contributed by atoms with Crippen LogP contribution in [0.1, 0.15) is 22.1 Å². The number of pyridine rings is 1. The number of carbonyl (C=O) groups is 1. The van der Waals surface area contributed by atoms with Gasteiger partial charge in [-0.25, -0.2) is 14.2 Å². The van der Waals surface area contributed by atoms with Gasteiger partial charge in [0.2, 0.25) is 0 Å². The van der Waals surface area contributed by atoms with Gasteiger partial charge in [-0.3, -0.25) is 4.90 Å². The summed E-state index contributed by atoms with van der Waals surface area (Å²) < 4.78 is 18.7. The number of rotatable bonds is 6. The van der Waals surface area contributed by atoms with Crippen LogP contribution in [0.2, 0.25) is 0 Å². The molecule has 6 nitrogen and oxygen atoms in total. The average Bonchev–Trinajstić information content (AvgIpc) is 2.64. The van der Waals surface area contributed by atoms with Crippen LogP contribution in [-0.2, 0) is 4.74 Å². The first-order valence-electron chi connectivity index (χ1n) is 8.15. The Bertz CT molecular complexity index is 718. The molecule has 1 aliphatic rings. The third-order valence-corrected chi connectivity index (χ3v) is 4.19. The van der Waals surface area contributed by atoms with E-state index in [1.165, 1.54) is 18.2 Å². The van der Waals surface area contributed by atoms with Gasteiger partial charge in [0.15, 0.2) is 5.69 Å². The van der Waals surface area contributed by atoms with Gasteiger partial charge >= 0.3 is 5.97 Å². The predicted molar refractivity (Wildman–Crippen MR) is 91.2 cm³/mol. The zero-order chi connectivity index (χ0) is 17.6. The van der Waals surface area contributed by atoms with Gasteiger partial charge < -0.3 is 15.2 Å². The third kappa shape index (κ3) is 4.52. The van der Waals surface area contributed by atoms with Gasteiger partial charge in [-0.1, -0.05) is 18.2 Å². The minimum atomic E-state index is -1.06. The molecule has 132 valence electrons. The quantitative estimate of drug-likeness (QED) is 0.837. The Labute approximate surface area is 145 Å². The Morgan fingerprint density at radius 1 is 1.24 bits per heavy atom. The van der Waals surface area contributed by atoms with Gasteiger partial charge in [-0.05, 0) is 29.8 Å². The lowest BCUT2D eigenvalue weighted by Gasteiger charge is -2.35. The fourth-order valence-corrected chi connectivity index (χ4v) is 2.89. The van der Waals surface area contributed by atoms with E-state index in [-0.39, 0.29) is 17.6 Å². The Morgan fingerprint density at radius 3 is 2.64 bits per heavy atom. The molecule has 2 aromatic rings. The van der Waals surface area contributed by atoms with Gasteiger partial charge in [-0.2, -0.15) is 0 Å². The third-order valence-electron chi connectivity index (χ3n) is 4.19. The first-order chi connectivity index (χ1) is 12.1. The molecule has 1 aliphatic heterocycles. The lowest BCUT2D eigenvalue weighted by molar-refractivity contribution is 0.0187. The molecule has 1 aromatic carbocycles. The summed E-state index contributed by atoms with van der Waals surface area (Å²) in [6.07, 6.45) is 0. The number of morpholine rings is 1. The number of anilines is 1. The average molecular weight is 345 g/mol. The number of hydrogen-bond donors (Lipinski definition) is 2. The maximum Gasteiger partial charge on any atom is 0.354 e. The molecule has 0 amide bonds. The van der Waals surface area contributed by atoms with Crippen LogP contribution in [0.15, 0.2) is 42.5 Å². The Kier molecular flexibility index (Phi) is 5.57. The van der Waals surface area contributed by atoms with Crippen LogP contribution in [0.3, 0.4) is 0 Å². The van der Waals surface area contributed by atoms with Crippen LogP contribution in [0.4, 0.5) is 10.2 Å². The molecule has 1 unspecified atom stereocenters. The molecule has 7 heteroatoms. The fraction of sp³-hybridized carbons (Fsp3) is 0.333. The number of nitrogens with one attached hydrogen (secondary N) is 1. The molecule has 1 fully saturated rings. The normalized spacial score (nSPS) is 16.4. The highest BCUT2D eigenvalue weighted by atomic mass is 19.1. The first kappa shape index (κ1) is 17.3. The number of hydrogen-bond acceptors (Lipinski definition) is 5. The van der Waals surface area contributed by atoms with E-state index in [1.54, 1.807) is 24.3 Å². The van der Waals surface area contributed by atoms with Gasteiger partial charge in [0.05, 0.1) is 19.3 Å². The van der Waals surface area contributed by atoms with Gasteiger partial charge in [0.1, 0.15) is 11.6 Å². The maximum absolute atomic E-state index is 13.2. The highest BCUT2D eigenvalue weighted by Gasteiger charge is 2.22. The summed E-state index contributed by atoms with van der Waals surface area (Å²) in [5, 5.41) is 12.2. The molecule has 0 bridgehead atoms. The number of carboxylic acid groups (broad SMARTS) is 1. The van der Waals surface area contributed by atoms with Crippen molar-refractivity contribution in [1.29, 1.82) is 0 Å². The molecule has 0 aliphatic carbocycles. The molecule has 1 atom stereocenters. The number of carboxylic acids is 1. The summed E-state index contributed by atoms with van der Waals surface area (Å²) in [6, 6.07) is 11.3. The lowest BCUT2D eigenvalue weighted by Crippen LogP contribution is -2.41. The molecule has 2 heterocycles. The molecule has 1 saturated heterocycles. The van der Waals surface area contributed by atoms with E-state index in [0.717, 1.165) is 18.7 Å². The number of aromatic nitrogens is 1. The number of benzene rings is 1. The molecule has 0 radical (unpaired) electrons. The number of halogens is 1. The Balaban J connectivity index is 1.76. The van der Waals surface area contributed by atoms with Gasteiger partial charge in [-0.15, -0.1) is 0 Å². The smallest absolute Gasteiger partial charge is 0.354 e. The van der Waals surface area contributed by atoms with Crippen molar-refractivity contribution in [3.8, 4) is 0 Å². The van der Waals surface area contributed by atoms with Crippen molar-refractivity contribution < 1.29 is 19.0 Å². The molecule has 3 rings (SSSR count). The van der Waals surface area contributed by atoms with Crippen LogP contribution in [-0.4, -0.2) is 53.8 Å². The molecular weight excluding hydrogens is 325 g/mol. The SMILES string of the molecule is O=C(O)c1cccc(NCC(c2ccc(F)cc2)N2CCOCC2)n1. The van der Waals surface area contributed by atoms with Crippen molar-refractivity contribution in [2.45, 2.75) is 6.04 Å². The van der Waals surface area contributed by atoms with E-state index >= 15 is 0 Å². The van der Waals surface area contributed by atoms with Crippen molar-refractivity contribution in [2.75, 3.05) is 38.2 Å². The molecular formula is C18H20FN3O3. The number of ether oxygens (including phenoxy) is 1.